The first-order valence-electron chi connectivity index (χ1n) is 7.55. The number of nitrogens with one attached hydrogen (secondary N) is 2. The lowest BCUT2D eigenvalue weighted by Gasteiger charge is -2.36. The summed E-state index contributed by atoms with van der Waals surface area (Å²) >= 11 is 0. The normalized spacial score (nSPS) is 20.9. The number of hydrogen-bond donors (Lipinski definition) is 2. The Morgan fingerprint density at radius 1 is 1.47 bits per heavy atom. The van der Waals surface area contributed by atoms with Gasteiger partial charge in [0.15, 0.2) is 0 Å². The van der Waals surface area contributed by atoms with Crippen molar-refractivity contribution in [2.45, 2.75) is 46.6 Å². The van der Waals surface area contributed by atoms with Crippen LogP contribution >= 0.6 is 0 Å². The molecule has 1 atom stereocenters. The van der Waals surface area contributed by atoms with E-state index in [1.165, 1.54) is 6.42 Å². The molecule has 1 heterocycles. The van der Waals surface area contributed by atoms with Gasteiger partial charge in [-0.15, -0.1) is 0 Å². The predicted octanol–water partition coefficient (Wildman–Crippen LogP) is 1.47. The summed E-state index contributed by atoms with van der Waals surface area (Å²) in [6.45, 7) is 12.2. The molecule has 1 unspecified atom stereocenters. The topological polar surface area (TPSA) is 44.4 Å². The second kappa shape index (κ2) is 7.25. The number of carbonyl (C=O) groups excluding carboxylic acids is 1. The highest BCUT2D eigenvalue weighted by Gasteiger charge is 2.36. The maximum Gasteiger partial charge on any atom is 0.226 e. The molecule has 1 amide bonds. The molecule has 1 aliphatic heterocycles. The van der Waals surface area contributed by atoms with E-state index in [4.69, 9.17) is 0 Å². The molecule has 0 aromatic carbocycles. The molecule has 112 valence electrons. The molecule has 1 saturated heterocycles. The number of carbonyl (C=O) groups is 1. The van der Waals surface area contributed by atoms with Gasteiger partial charge in [-0.2, -0.15) is 0 Å². The zero-order chi connectivity index (χ0) is 14.5. The van der Waals surface area contributed by atoms with E-state index in [1.54, 1.807) is 0 Å². The van der Waals surface area contributed by atoms with Crippen LogP contribution in [0.15, 0.2) is 0 Å². The van der Waals surface area contributed by atoms with Crippen molar-refractivity contribution < 1.29 is 4.79 Å². The highest BCUT2D eigenvalue weighted by molar-refractivity contribution is 5.82. The maximum absolute atomic E-state index is 12.4. The van der Waals surface area contributed by atoms with E-state index < -0.39 is 0 Å². The zero-order valence-corrected chi connectivity index (χ0v) is 13.3. The Bertz CT molecular complexity index is 283. The molecule has 19 heavy (non-hydrogen) atoms. The number of nitrogens with zero attached hydrogens (tertiary/aromatic N) is 1. The first kappa shape index (κ1) is 16.4. The summed E-state index contributed by atoms with van der Waals surface area (Å²) in [6.07, 6.45) is 2.33. The quantitative estimate of drug-likeness (QED) is 0.767. The van der Waals surface area contributed by atoms with Crippen LogP contribution in [0.25, 0.3) is 0 Å². The molecule has 0 aliphatic carbocycles. The van der Waals surface area contributed by atoms with E-state index in [0.717, 1.165) is 32.6 Å². The van der Waals surface area contributed by atoms with Gasteiger partial charge in [0, 0.05) is 24.5 Å². The van der Waals surface area contributed by atoms with Crippen LogP contribution < -0.4 is 10.6 Å². The molecular weight excluding hydrogens is 238 g/mol. The molecule has 1 rings (SSSR count). The minimum atomic E-state index is -0.274. The number of amides is 1. The van der Waals surface area contributed by atoms with E-state index in [-0.39, 0.29) is 11.3 Å². The van der Waals surface area contributed by atoms with E-state index in [0.29, 0.717) is 12.0 Å². The van der Waals surface area contributed by atoms with Crippen molar-refractivity contribution in [1.29, 1.82) is 0 Å². The van der Waals surface area contributed by atoms with Crippen LogP contribution in [0.2, 0.25) is 0 Å². The SMILES string of the molecule is CC(C)N(C)CCNC(=O)C(C)(C)C1CCCNC1. The molecule has 1 fully saturated rings. The van der Waals surface area contributed by atoms with Crippen molar-refractivity contribution in [3.05, 3.63) is 0 Å². The Balaban J connectivity index is 2.38. The summed E-state index contributed by atoms with van der Waals surface area (Å²) in [7, 11) is 2.09. The second-order valence-corrected chi connectivity index (χ2v) is 6.60. The lowest BCUT2D eigenvalue weighted by molar-refractivity contribution is -0.132. The fourth-order valence-corrected chi connectivity index (χ4v) is 2.49. The molecule has 0 spiro atoms. The molecule has 0 aromatic rings. The summed E-state index contributed by atoms with van der Waals surface area (Å²) in [5.41, 5.74) is -0.274. The van der Waals surface area contributed by atoms with Crippen LogP contribution in [0, 0.1) is 11.3 Å². The number of piperidine rings is 1. The van der Waals surface area contributed by atoms with E-state index in [2.05, 4.69) is 50.3 Å². The van der Waals surface area contributed by atoms with Crippen LogP contribution in [0.4, 0.5) is 0 Å². The Labute approximate surface area is 118 Å². The molecule has 0 bridgehead atoms. The van der Waals surface area contributed by atoms with Crippen molar-refractivity contribution in [2.24, 2.45) is 11.3 Å². The van der Waals surface area contributed by atoms with Gasteiger partial charge in [-0.1, -0.05) is 13.8 Å². The number of rotatable bonds is 6. The summed E-state index contributed by atoms with van der Waals surface area (Å²) < 4.78 is 0. The van der Waals surface area contributed by atoms with Crippen molar-refractivity contribution >= 4 is 5.91 Å². The minimum Gasteiger partial charge on any atom is -0.354 e. The highest BCUT2D eigenvalue weighted by atomic mass is 16.2. The van der Waals surface area contributed by atoms with Crippen LogP contribution in [0.5, 0.6) is 0 Å². The average Bonchev–Trinajstić information content (AvgIpc) is 2.39. The van der Waals surface area contributed by atoms with Gasteiger partial charge in [0.25, 0.3) is 0 Å². The van der Waals surface area contributed by atoms with Gasteiger partial charge in [-0.3, -0.25) is 4.79 Å². The van der Waals surface area contributed by atoms with Gasteiger partial charge < -0.3 is 15.5 Å². The van der Waals surface area contributed by atoms with Crippen molar-refractivity contribution in [3.63, 3.8) is 0 Å². The molecule has 4 nitrogen and oxygen atoms in total. The van der Waals surface area contributed by atoms with Gasteiger partial charge in [-0.05, 0) is 52.7 Å². The minimum absolute atomic E-state index is 0.193. The lowest BCUT2D eigenvalue weighted by Crippen LogP contribution is -2.48. The smallest absolute Gasteiger partial charge is 0.226 e. The predicted molar refractivity (Wildman–Crippen MR) is 80.2 cm³/mol. The van der Waals surface area contributed by atoms with E-state index >= 15 is 0 Å². The third kappa shape index (κ3) is 4.77. The van der Waals surface area contributed by atoms with Crippen LogP contribution in [-0.2, 0) is 4.79 Å². The van der Waals surface area contributed by atoms with Crippen LogP contribution in [0.3, 0.4) is 0 Å². The lowest BCUT2D eigenvalue weighted by atomic mass is 9.74. The second-order valence-electron chi connectivity index (χ2n) is 6.60. The average molecular weight is 269 g/mol. The van der Waals surface area contributed by atoms with Crippen molar-refractivity contribution in [3.8, 4) is 0 Å². The van der Waals surface area contributed by atoms with E-state index in [9.17, 15) is 4.79 Å². The zero-order valence-electron chi connectivity index (χ0n) is 13.3. The molecule has 0 aromatic heterocycles. The van der Waals surface area contributed by atoms with Gasteiger partial charge in [0.1, 0.15) is 0 Å². The summed E-state index contributed by atoms with van der Waals surface area (Å²) in [5, 5.41) is 6.49. The summed E-state index contributed by atoms with van der Waals surface area (Å²) in [5.74, 6) is 0.641. The number of hydrogen-bond acceptors (Lipinski definition) is 3. The fourth-order valence-electron chi connectivity index (χ4n) is 2.49. The monoisotopic (exact) mass is 269 g/mol. The van der Waals surface area contributed by atoms with E-state index in [1.807, 2.05) is 0 Å². The standard InChI is InChI=1S/C15H31N3O/c1-12(2)18(5)10-9-17-14(19)15(3,4)13-7-6-8-16-11-13/h12-13,16H,6-11H2,1-5H3,(H,17,19). The van der Waals surface area contributed by atoms with Crippen LogP contribution in [0.1, 0.15) is 40.5 Å². The van der Waals surface area contributed by atoms with Crippen LogP contribution in [-0.4, -0.2) is 50.1 Å². The Morgan fingerprint density at radius 3 is 2.68 bits per heavy atom. The van der Waals surface area contributed by atoms with Gasteiger partial charge in [0.05, 0.1) is 0 Å². The Hall–Kier alpha value is -0.610. The first-order valence-corrected chi connectivity index (χ1v) is 7.55. The third-order valence-electron chi connectivity index (χ3n) is 4.53. The molecular formula is C15H31N3O. The maximum atomic E-state index is 12.4. The summed E-state index contributed by atoms with van der Waals surface area (Å²) in [4.78, 5) is 14.6. The largest absolute Gasteiger partial charge is 0.354 e. The van der Waals surface area contributed by atoms with Gasteiger partial charge in [0.2, 0.25) is 5.91 Å². The van der Waals surface area contributed by atoms with Crippen molar-refractivity contribution in [1.82, 2.24) is 15.5 Å². The Morgan fingerprint density at radius 2 is 2.16 bits per heavy atom. The molecule has 1 aliphatic rings. The summed E-state index contributed by atoms with van der Waals surface area (Å²) in [6, 6.07) is 0.521. The molecule has 4 heteroatoms. The third-order valence-corrected chi connectivity index (χ3v) is 4.53. The molecule has 0 saturated carbocycles. The molecule has 2 N–H and O–H groups in total. The van der Waals surface area contributed by atoms with Crippen molar-refractivity contribution in [2.75, 3.05) is 33.2 Å². The fraction of sp³-hybridized carbons (Fsp3) is 0.933. The first-order chi connectivity index (χ1) is 8.85. The molecule has 0 radical (unpaired) electrons. The van der Waals surface area contributed by atoms with Gasteiger partial charge >= 0.3 is 0 Å². The number of likely N-dealkylation sites (N-methyl/N-ethyl adjacent to an activating group) is 1. The highest BCUT2D eigenvalue weighted by Crippen LogP contribution is 2.31. The Kier molecular flexibility index (Phi) is 6.27. The van der Waals surface area contributed by atoms with Gasteiger partial charge in [-0.25, -0.2) is 0 Å².